The molecule has 0 heterocycles. The third-order valence-electron chi connectivity index (χ3n) is 3.42. The lowest BCUT2D eigenvalue weighted by molar-refractivity contribution is 0.594. The van der Waals surface area contributed by atoms with E-state index in [-0.39, 0.29) is 5.82 Å². The summed E-state index contributed by atoms with van der Waals surface area (Å²) in [6.07, 6.45) is 2.19. The second kappa shape index (κ2) is 7.20. The molecule has 2 heteroatoms. The Kier molecular flexibility index (Phi) is 5.31. The quantitative estimate of drug-likeness (QED) is 0.812. The summed E-state index contributed by atoms with van der Waals surface area (Å²) in [6.45, 7) is 5.62. The van der Waals surface area contributed by atoms with Gasteiger partial charge in [-0.05, 0) is 35.7 Å². The first-order chi connectivity index (χ1) is 9.74. The molecule has 0 unspecified atom stereocenters. The molecule has 0 aliphatic carbocycles. The van der Waals surface area contributed by atoms with Gasteiger partial charge in [-0.3, -0.25) is 0 Å². The van der Waals surface area contributed by atoms with E-state index in [1.807, 2.05) is 31.2 Å². The number of hydrogen-bond acceptors (Lipinski definition) is 1. The minimum Gasteiger partial charge on any atom is -0.313 e. The Morgan fingerprint density at radius 1 is 1.00 bits per heavy atom. The van der Waals surface area contributed by atoms with E-state index in [4.69, 9.17) is 0 Å². The third kappa shape index (κ3) is 3.67. The number of nitrogens with one attached hydrogen (secondary N) is 1. The second-order valence-electron chi connectivity index (χ2n) is 5.04. The van der Waals surface area contributed by atoms with Crippen LogP contribution in [0.5, 0.6) is 0 Å². The highest BCUT2D eigenvalue weighted by atomic mass is 19.1. The Bertz CT molecular complexity index is 563. The zero-order valence-electron chi connectivity index (χ0n) is 12.2. The highest BCUT2D eigenvalue weighted by Crippen LogP contribution is 2.23. The molecule has 1 N–H and O–H groups in total. The van der Waals surface area contributed by atoms with Crippen molar-refractivity contribution in [3.05, 3.63) is 59.4 Å². The molecular formula is C18H22FN. The van der Waals surface area contributed by atoms with E-state index in [1.165, 1.54) is 5.56 Å². The standard InChI is InChI=1S/C18H22FN/c1-3-6-14-7-5-8-15(11-14)16-9-10-17(13-20-4-2)18(19)12-16/h5,7-12,20H,3-4,6,13H2,1-2H3. The Balaban J connectivity index is 2.24. The molecule has 0 aliphatic rings. The fourth-order valence-corrected chi connectivity index (χ4v) is 2.32. The first-order valence-electron chi connectivity index (χ1n) is 7.33. The largest absolute Gasteiger partial charge is 0.313 e. The van der Waals surface area contributed by atoms with Gasteiger partial charge < -0.3 is 5.32 Å². The summed E-state index contributed by atoms with van der Waals surface area (Å²) < 4.78 is 14.1. The molecule has 0 radical (unpaired) electrons. The summed E-state index contributed by atoms with van der Waals surface area (Å²) in [5.74, 6) is -0.135. The van der Waals surface area contributed by atoms with Crippen molar-refractivity contribution in [1.29, 1.82) is 0 Å². The van der Waals surface area contributed by atoms with Crippen LogP contribution in [0.4, 0.5) is 4.39 Å². The monoisotopic (exact) mass is 271 g/mol. The molecule has 0 spiro atoms. The van der Waals surface area contributed by atoms with Crippen molar-refractivity contribution in [2.24, 2.45) is 0 Å². The van der Waals surface area contributed by atoms with Gasteiger partial charge in [0.2, 0.25) is 0 Å². The number of rotatable bonds is 6. The molecular weight excluding hydrogens is 249 g/mol. The van der Waals surface area contributed by atoms with E-state index in [9.17, 15) is 4.39 Å². The summed E-state index contributed by atoms with van der Waals surface area (Å²) in [5, 5.41) is 3.15. The number of aryl methyl sites for hydroxylation is 1. The SMILES string of the molecule is CCCc1cccc(-c2ccc(CNCC)c(F)c2)c1. The van der Waals surface area contributed by atoms with Gasteiger partial charge in [0.25, 0.3) is 0 Å². The van der Waals surface area contributed by atoms with Gasteiger partial charge in [-0.25, -0.2) is 4.39 Å². The normalized spacial score (nSPS) is 10.8. The average molecular weight is 271 g/mol. The molecule has 0 fully saturated rings. The zero-order valence-corrected chi connectivity index (χ0v) is 12.2. The van der Waals surface area contributed by atoms with Crippen molar-refractivity contribution in [3.8, 4) is 11.1 Å². The maximum Gasteiger partial charge on any atom is 0.128 e. The summed E-state index contributed by atoms with van der Waals surface area (Å²) in [4.78, 5) is 0. The minimum absolute atomic E-state index is 0.135. The lowest BCUT2D eigenvalue weighted by Gasteiger charge is -2.08. The van der Waals surface area contributed by atoms with Gasteiger partial charge in [0.1, 0.15) is 5.82 Å². The molecule has 0 atom stereocenters. The van der Waals surface area contributed by atoms with Gasteiger partial charge in [0.15, 0.2) is 0 Å². The van der Waals surface area contributed by atoms with Crippen LogP contribution in [0.1, 0.15) is 31.4 Å². The summed E-state index contributed by atoms with van der Waals surface area (Å²) >= 11 is 0. The Labute approximate surface area is 120 Å². The lowest BCUT2D eigenvalue weighted by Crippen LogP contribution is -2.12. The van der Waals surface area contributed by atoms with Crippen LogP contribution in [-0.2, 0) is 13.0 Å². The zero-order chi connectivity index (χ0) is 14.4. The van der Waals surface area contributed by atoms with Crippen LogP contribution in [0.3, 0.4) is 0 Å². The van der Waals surface area contributed by atoms with E-state index in [1.54, 1.807) is 6.07 Å². The van der Waals surface area contributed by atoms with Gasteiger partial charge in [-0.15, -0.1) is 0 Å². The van der Waals surface area contributed by atoms with Crippen LogP contribution >= 0.6 is 0 Å². The first kappa shape index (κ1) is 14.7. The van der Waals surface area contributed by atoms with Gasteiger partial charge in [-0.1, -0.05) is 56.7 Å². The Morgan fingerprint density at radius 3 is 2.50 bits per heavy atom. The van der Waals surface area contributed by atoms with Crippen LogP contribution in [0.15, 0.2) is 42.5 Å². The molecule has 20 heavy (non-hydrogen) atoms. The van der Waals surface area contributed by atoms with E-state index in [2.05, 4.69) is 24.4 Å². The van der Waals surface area contributed by atoms with Crippen molar-refractivity contribution in [2.75, 3.05) is 6.54 Å². The van der Waals surface area contributed by atoms with E-state index in [0.717, 1.165) is 36.1 Å². The fraction of sp³-hybridized carbons (Fsp3) is 0.333. The van der Waals surface area contributed by atoms with Crippen molar-refractivity contribution in [2.45, 2.75) is 33.2 Å². The average Bonchev–Trinajstić information content (AvgIpc) is 2.46. The van der Waals surface area contributed by atoms with Crippen LogP contribution < -0.4 is 5.32 Å². The van der Waals surface area contributed by atoms with Crippen molar-refractivity contribution in [3.63, 3.8) is 0 Å². The molecule has 0 saturated heterocycles. The molecule has 2 aromatic rings. The molecule has 0 aliphatic heterocycles. The number of hydrogen-bond donors (Lipinski definition) is 1. The van der Waals surface area contributed by atoms with Crippen LogP contribution in [0, 0.1) is 5.82 Å². The van der Waals surface area contributed by atoms with Crippen molar-refractivity contribution >= 4 is 0 Å². The maximum absolute atomic E-state index is 14.1. The highest BCUT2D eigenvalue weighted by molar-refractivity contribution is 5.64. The summed E-state index contributed by atoms with van der Waals surface area (Å²) in [5.41, 5.74) is 4.06. The first-order valence-corrected chi connectivity index (χ1v) is 7.33. The van der Waals surface area contributed by atoms with E-state index < -0.39 is 0 Å². The smallest absolute Gasteiger partial charge is 0.128 e. The number of benzene rings is 2. The summed E-state index contributed by atoms with van der Waals surface area (Å²) in [6, 6.07) is 13.9. The van der Waals surface area contributed by atoms with Gasteiger partial charge >= 0.3 is 0 Å². The van der Waals surface area contributed by atoms with Crippen molar-refractivity contribution in [1.82, 2.24) is 5.32 Å². The van der Waals surface area contributed by atoms with Gasteiger partial charge in [-0.2, -0.15) is 0 Å². The molecule has 106 valence electrons. The van der Waals surface area contributed by atoms with Gasteiger partial charge in [0, 0.05) is 12.1 Å². The molecule has 2 aromatic carbocycles. The predicted octanol–water partition coefficient (Wildman–Crippen LogP) is 4.55. The predicted molar refractivity (Wildman–Crippen MR) is 83.2 cm³/mol. The minimum atomic E-state index is -0.135. The number of halogens is 1. The third-order valence-corrected chi connectivity index (χ3v) is 3.42. The molecule has 2 rings (SSSR count). The summed E-state index contributed by atoms with van der Waals surface area (Å²) in [7, 11) is 0. The van der Waals surface area contributed by atoms with Crippen LogP contribution in [-0.4, -0.2) is 6.54 Å². The van der Waals surface area contributed by atoms with E-state index >= 15 is 0 Å². The molecule has 0 aromatic heterocycles. The van der Waals surface area contributed by atoms with Crippen LogP contribution in [0.2, 0.25) is 0 Å². The second-order valence-corrected chi connectivity index (χ2v) is 5.04. The molecule has 1 nitrogen and oxygen atoms in total. The Hall–Kier alpha value is -1.67. The van der Waals surface area contributed by atoms with E-state index in [0.29, 0.717) is 6.54 Å². The highest BCUT2D eigenvalue weighted by Gasteiger charge is 2.05. The maximum atomic E-state index is 14.1. The molecule has 0 amide bonds. The molecule has 0 saturated carbocycles. The molecule has 0 bridgehead atoms. The van der Waals surface area contributed by atoms with Crippen molar-refractivity contribution < 1.29 is 4.39 Å². The van der Waals surface area contributed by atoms with Crippen LogP contribution in [0.25, 0.3) is 11.1 Å². The lowest BCUT2D eigenvalue weighted by atomic mass is 10.00. The van der Waals surface area contributed by atoms with Gasteiger partial charge in [0.05, 0.1) is 0 Å². The fourth-order valence-electron chi connectivity index (χ4n) is 2.32. The topological polar surface area (TPSA) is 12.0 Å². The Morgan fingerprint density at radius 2 is 1.80 bits per heavy atom.